The summed E-state index contributed by atoms with van der Waals surface area (Å²) in [4.78, 5) is 24.5. The Morgan fingerprint density at radius 2 is 2.04 bits per heavy atom. The first kappa shape index (κ1) is 19.7. The minimum Gasteiger partial charge on any atom is -0.496 e. The summed E-state index contributed by atoms with van der Waals surface area (Å²) in [5.74, 6) is 0.442. The van der Waals surface area contributed by atoms with E-state index in [4.69, 9.17) is 4.74 Å². The Labute approximate surface area is 160 Å². The maximum Gasteiger partial charge on any atom is 0.269 e. The van der Waals surface area contributed by atoms with Crippen molar-refractivity contribution in [2.45, 2.75) is 13.0 Å². The molecule has 1 amide bonds. The number of nitro benzene ring substituents is 1. The molecule has 7 heteroatoms. The highest BCUT2D eigenvalue weighted by Crippen LogP contribution is 2.25. The minimum absolute atomic E-state index is 0.00427. The number of hydrogen-bond donors (Lipinski definition) is 0. The van der Waals surface area contributed by atoms with Crippen molar-refractivity contribution in [3.05, 3.63) is 74.3 Å². The Bertz CT molecular complexity index is 851. The number of likely N-dealkylation sites (N-methyl/N-ethyl adjacent to an activating group) is 1. The summed E-state index contributed by atoms with van der Waals surface area (Å²) < 4.78 is 6.16. The van der Waals surface area contributed by atoms with Crippen molar-refractivity contribution >= 4 is 33.6 Å². The second kappa shape index (κ2) is 8.62. The minimum atomic E-state index is -0.447. The molecule has 0 saturated carbocycles. The van der Waals surface area contributed by atoms with Crippen LogP contribution in [0.2, 0.25) is 0 Å². The quantitative estimate of drug-likeness (QED) is 0.390. The highest BCUT2D eigenvalue weighted by molar-refractivity contribution is 9.10. The number of amides is 1. The standard InChI is InChI=1S/C19H19BrN2O4/c1-13(14-5-4-6-17(12-14)22(24)25)21(2)19(23)10-7-15-11-16(20)8-9-18(15)26-3/h4-13H,1-3H3/b10-7+. The zero-order valence-electron chi connectivity index (χ0n) is 14.7. The molecule has 0 aliphatic rings. The summed E-state index contributed by atoms with van der Waals surface area (Å²) in [6.45, 7) is 1.82. The molecule has 0 radical (unpaired) electrons. The topological polar surface area (TPSA) is 72.7 Å². The predicted molar refractivity (Wildman–Crippen MR) is 104 cm³/mol. The van der Waals surface area contributed by atoms with Crippen molar-refractivity contribution in [1.29, 1.82) is 0 Å². The number of nitrogens with zero attached hydrogens (tertiary/aromatic N) is 2. The first-order valence-corrected chi connectivity index (χ1v) is 8.65. The van der Waals surface area contributed by atoms with Crippen LogP contribution < -0.4 is 4.74 Å². The van der Waals surface area contributed by atoms with Crippen LogP contribution in [0.5, 0.6) is 5.75 Å². The molecule has 0 spiro atoms. The maximum atomic E-state index is 12.5. The lowest BCUT2D eigenvalue weighted by molar-refractivity contribution is -0.384. The molecule has 2 aromatic carbocycles. The fraction of sp³-hybridized carbons (Fsp3) is 0.211. The number of halogens is 1. The second-order valence-corrected chi connectivity index (χ2v) is 6.61. The van der Waals surface area contributed by atoms with Crippen LogP contribution in [0.4, 0.5) is 5.69 Å². The Kier molecular flexibility index (Phi) is 6.52. The van der Waals surface area contributed by atoms with Gasteiger partial charge in [-0.25, -0.2) is 0 Å². The molecular weight excluding hydrogens is 400 g/mol. The number of carbonyl (C=O) groups is 1. The van der Waals surface area contributed by atoms with Gasteiger partial charge in [-0.1, -0.05) is 28.1 Å². The van der Waals surface area contributed by atoms with Gasteiger partial charge in [-0.05, 0) is 36.8 Å². The smallest absolute Gasteiger partial charge is 0.269 e. The molecule has 0 fully saturated rings. The zero-order valence-corrected chi connectivity index (χ0v) is 16.3. The van der Waals surface area contributed by atoms with Gasteiger partial charge in [0.1, 0.15) is 5.75 Å². The van der Waals surface area contributed by atoms with E-state index in [0.717, 1.165) is 10.0 Å². The molecule has 0 N–H and O–H groups in total. The van der Waals surface area contributed by atoms with Crippen molar-refractivity contribution in [3.8, 4) is 5.75 Å². The van der Waals surface area contributed by atoms with Crippen LogP contribution in [0.1, 0.15) is 24.1 Å². The molecule has 0 saturated heterocycles. The molecule has 2 rings (SSSR count). The van der Waals surface area contributed by atoms with Crippen LogP contribution in [0.3, 0.4) is 0 Å². The van der Waals surface area contributed by atoms with Gasteiger partial charge in [-0.3, -0.25) is 14.9 Å². The average Bonchev–Trinajstić information content (AvgIpc) is 2.65. The first-order chi connectivity index (χ1) is 12.3. The van der Waals surface area contributed by atoms with Crippen molar-refractivity contribution in [1.82, 2.24) is 4.90 Å². The molecule has 2 aromatic rings. The van der Waals surface area contributed by atoms with E-state index in [1.807, 2.05) is 25.1 Å². The maximum absolute atomic E-state index is 12.5. The summed E-state index contributed by atoms with van der Waals surface area (Å²) in [5.41, 5.74) is 1.47. The lowest BCUT2D eigenvalue weighted by Crippen LogP contribution is -2.28. The number of nitro groups is 1. The van der Waals surface area contributed by atoms with Gasteiger partial charge in [-0.2, -0.15) is 0 Å². The zero-order chi connectivity index (χ0) is 19.3. The van der Waals surface area contributed by atoms with E-state index < -0.39 is 4.92 Å². The number of non-ortho nitro benzene ring substituents is 1. The van der Waals surface area contributed by atoms with Gasteiger partial charge in [-0.15, -0.1) is 0 Å². The molecule has 136 valence electrons. The van der Waals surface area contributed by atoms with Gasteiger partial charge < -0.3 is 9.64 Å². The molecule has 1 atom stereocenters. The molecular formula is C19H19BrN2O4. The fourth-order valence-electron chi connectivity index (χ4n) is 2.43. The Hall–Kier alpha value is -2.67. The van der Waals surface area contributed by atoms with E-state index in [9.17, 15) is 14.9 Å². The SMILES string of the molecule is COc1ccc(Br)cc1/C=C/C(=O)N(C)C(C)c1cccc([N+](=O)[O-])c1. The summed E-state index contributed by atoms with van der Waals surface area (Å²) in [6, 6.07) is 11.5. The van der Waals surface area contributed by atoms with Crippen molar-refractivity contribution in [3.63, 3.8) is 0 Å². The summed E-state index contributed by atoms with van der Waals surface area (Å²) >= 11 is 3.39. The normalized spacial score (nSPS) is 12.0. The molecule has 1 unspecified atom stereocenters. The summed E-state index contributed by atoms with van der Waals surface area (Å²) in [6.07, 6.45) is 3.14. The van der Waals surface area contributed by atoms with Gasteiger partial charge in [0.25, 0.3) is 5.69 Å². The van der Waals surface area contributed by atoms with Gasteiger partial charge in [0.15, 0.2) is 0 Å². The second-order valence-electron chi connectivity index (χ2n) is 5.70. The number of methoxy groups -OCH3 is 1. The van der Waals surface area contributed by atoms with E-state index in [1.54, 1.807) is 32.4 Å². The van der Waals surface area contributed by atoms with E-state index in [1.165, 1.54) is 23.1 Å². The lowest BCUT2D eigenvalue weighted by atomic mass is 10.1. The number of hydrogen-bond acceptors (Lipinski definition) is 4. The van der Waals surface area contributed by atoms with E-state index in [2.05, 4.69) is 15.9 Å². The third-order valence-corrected chi connectivity index (χ3v) is 4.58. The summed E-state index contributed by atoms with van der Waals surface area (Å²) in [7, 11) is 3.23. The van der Waals surface area contributed by atoms with E-state index >= 15 is 0 Å². The van der Waals surface area contributed by atoms with Crippen molar-refractivity contribution in [2.24, 2.45) is 0 Å². The molecule has 0 heterocycles. The van der Waals surface area contributed by atoms with Gasteiger partial charge in [0.05, 0.1) is 18.1 Å². The third-order valence-electron chi connectivity index (χ3n) is 4.09. The van der Waals surface area contributed by atoms with E-state index in [0.29, 0.717) is 11.3 Å². The van der Waals surface area contributed by atoms with Crippen LogP contribution in [-0.2, 0) is 4.79 Å². The highest BCUT2D eigenvalue weighted by atomic mass is 79.9. The number of carbonyl (C=O) groups excluding carboxylic acids is 1. The van der Waals surface area contributed by atoms with Crippen LogP contribution >= 0.6 is 15.9 Å². The average molecular weight is 419 g/mol. The van der Waals surface area contributed by atoms with Crippen LogP contribution in [0.25, 0.3) is 6.08 Å². The predicted octanol–water partition coefficient (Wildman–Crippen LogP) is 4.60. The number of benzene rings is 2. The summed E-state index contributed by atoms with van der Waals surface area (Å²) in [5, 5.41) is 10.9. The van der Waals surface area contributed by atoms with Crippen molar-refractivity contribution < 1.29 is 14.5 Å². The Morgan fingerprint density at radius 1 is 1.31 bits per heavy atom. The highest BCUT2D eigenvalue weighted by Gasteiger charge is 2.17. The van der Waals surface area contributed by atoms with Crippen LogP contribution in [0, 0.1) is 10.1 Å². The largest absolute Gasteiger partial charge is 0.496 e. The van der Waals surface area contributed by atoms with Gasteiger partial charge in [0, 0.05) is 35.3 Å². The first-order valence-electron chi connectivity index (χ1n) is 7.86. The third kappa shape index (κ3) is 4.70. The Balaban J connectivity index is 2.18. The number of ether oxygens (including phenoxy) is 1. The molecule has 0 aliphatic heterocycles. The molecule has 0 aromatic heterocycles. The van der Waals surface area contributed by atoms with E-state index in [-0.39, 0.29) is 17.6 Å². The monoisotopic (exact) mass is 418 g/mol. The van der Waals surface area contributed by atoms with Gasteiger partial charge in [0.2, 0.25) is 5.91 Å². The molecule has 26 heavy (non-hydrogen) atoms. The van der Waals surface area contributed by atoms with Crippen molar-refractivity contribution in [2.75, 3.05) is 14.2 Å². The molecule has 6 nitrogen and oxygen atoms in total. The fourth-order valence-corrected chi connectivity index (χ4v) is 2.81. The van der Waals surface area contributed by atoms with Crippen LogP contribution in [-0.4, -0.2) is 29.9 Å². The van der Waals surface area contributed by atoms with Gasteiger partial charge >= 0.3 is 0 Å². The molecule has 0 bridgehead atoms. The Morgan fingerprint density at radius 3 is 2.69 bits per heavy atom. The molecule has 0 aliphatic carbocycles. The van der Waals surface area contributed by atoms with Crippen LogP contribution in [0.15, 0.2) is 53.0 Å². The number of rotatable bonds is 6. The lowest BCUT2D eigenvalue weighted by Gasteiger charge is -2.24.